The zero-order valence-corrected chi connectivity index (χ0v) is 11.9. The van der Waals surface area contributed by atoms with Gasteiger partial charge in [-0.2, -0.15) is 5.26 Å². The van der Waals surface area contributed by atoms with E-state index in [1.54, 1.807) is 31.2 Å². The van der Waals surface area contributed by atoms with E-state index in [4.69, 9.17) is 10.00 Å². The average molecular weight is 287 g/mol. The first-order valence-electron chi connectivity index (χ1n) is 5.98. The molecule has 2 aromatic rings. The van der Waals surface area contributed by atoms with Gasteiger partial charge in [0.2, 0.25) is 0 Å². The molecule has 0 unspecified atom stereocenters. The van der Waals surface area contributed by atoms with E-state index >= 15 is 0 Å². The molecule has 1 aromatic heterocycles. The van der Waals surface area contributed by atoms with E-state index in [1.165, 1.54) is 11.3 Å². The third-order valence-electron chi connectivity index (χ3n) is 2.51. The fourth-order valence-corrected chi connectivity index (χ4v) is 2.18. The van der Waals surface area contributed by atoms with Gasteiger partial charge in [0.25, 0.3) is 5.91 Å². The van der Waals surface area contributed by atoms with Crippen molar-refractivity contribution >= 4 is 22.4 Å². The number of amides is 1. The Hall–Kier alpha value is -2.39. The first kappa shape index (κ1) is 14.0. The maximum absolute atomic E-state index is 11.9. The van der Waals surface area contributed by atoms with Crippen LogP contribution in [0, 0.1) is 18.3 Å². The standard InChI is InChI=1S/C14H13N3O2S/c1-9-8-20-14(16-9)17-13(18)10(2)19-12-5-3-11(7-15)4-6-12/h3-6,8,10H,1-2H3,(H,16,17,18)/t10-/m0/s1. The van der Waals surface area contributed by atoms with Crippen LogP contribution in [-0.4, -0.2) is 17.0 Å². The summed E-state index contributed by atoms with van der Waals surface area (Å²) in [5.74, 6) is 0.283. The smallest absolute Gasteiger partial charge is 0.266 e. The van der Waals surface area contributed by atoms with Crippen molar-refractivity contribution in [2.24, 2.45) is 0 Å². The van der Waals surface area contributed by atoms with Gasteiger partial charge in [-0.05, 0) is 38.1 Å². The molecule has 102 valence electrons. The number of nitrogens with one attached hydrogen (secondary N) is 1. The number of carbonyl (C=O) groups excluding carboxylic acids is 1. The van der Waals surface area contributed by atoms with Crippen molar-refractivity contribution in [3.05, 3.63) is 40.9 Å². The van der Waals surface area contributed by atoms with Gasteiger partial charge in [0, 0.05) is 5.38 Å². The van der Waals surface area contributed by atoms with Gasteiger partial charge in [0.05, 0.1) is 17.3 Å². The van der Waals surface area contributed by atoms with E-state index in [0.29, 0.717) is 16.4 Å². The van der Waals surface area contributed by atoms with Crippen LogP contribution in [0.5, 0.6) is 5.75 Å². The van der Waals surface area contributed by atoms with E-state index in [-0.39, 0.29) is 5.91 Å². The molecule has 0 radical (unpaired) electrons. The molecule has 0 aliphatic carbocycles. The van der Waals surface area contributed by atoms with Gasteiger partial charge in [-0.3, -0.25) is 10.1 Å². The molecule has 20 heavy (non-hydrogen) atoms. The molecule has 0 aliphatic rings. The highest BCUT2D eigenvalue weighted by molar-refractivity contribution is 7.13. The van der Waals surface area contributed by atoms with Gasteiger partial charge in [-0.25, -0.2) is 4.98 Å². The second kappa shape index (κ2) is 6.17. The fraction of sp³-hybridized carbons (Fsp3) is 0.214. The fourth-order valence-electron chi connectivity index (χ4n) is 1.48. The third kappa shape index (κ3) is 3.56. The Bertz CT molecular complexity index is 643. The molecule has 0 fully saturated rings. The van der Waals surface area contributed by atoms with Crippen LogP contribution in [0.1, 0.15) is 18.2 Å². The number of hydrogen-bond donors (Lipinski definition) is 1. The number of nitrogens with zero attached hydrogens (tertiary/aromatic N) is 2. The number of hydrogen-bond acceptors (Lipinski definition) is 5. The first-order valence-corrected chi connectivity index (χ1v) is 6.86. The lowest BCUT2D eigenvalue weighted by Gasteiger charge is -2.13. The Kier molecular flexibility index (Phi) is 4.33. The van der Waals surface area contributed by atoms with Gasteiger partial charge in [-0.1, -0.05) is 0 Å². The van der Waals surface area contributed by atoms with E-state index in [9.17, 15) is 4.79 Å². The topological polar surface area (TPSA) is 75.0 Å². The minimum atomic E-state index is -0.646. The number of rotatable bonds is 4. The van der Waals surface area contributed by atoms with Crippen LogP contribution in [0.15, 0.2) is 29.6 Å². The summed E-state index contributed by atoms with van der Waals surface area (Å²) < 4.78 is 5.51. The molecule has 0 spiro atoms. The third-order valence-corrected chi connectivity index (χ3v) is 3.39. The number of aromatic nitrogens is 1. The number of ether oxygens (including phenoxy) is 1. The molecule has 2 rings (SSSR count). The monoisotopic (exact) mass is 287 g/mol. The van der Waals surface area contributed by atoms with Gasteiger partial charge in [-0.15, -0.1) is 11.3 Å². The number of nitriles is 1. The summed E-state index contributed by atoms with van der Waals surface area (Å²) in [7, 11) is 0. The molecule has 1 amide bonds. The largest absolute Gasteiger partial charge is 0.481 e. The SMILES string of the molecule is Cc1csc(NC(=O)[C@H](C)Oc2ccc(C#N)cc2)n1. The number of aryl methyl sites for hydroxylation is 1. The van der Waals surface area contributed by atoms with Crippen molar-refractivity contribution in [1.82, 2.24) is 4.98 Å². The highest BCUT2D eigenvalue weighted by Gasteiger charge is 2.16. The maximum Gasteiger partial charge on any atom is 0.266 e. The van der Waals surface area contributed by atoms with Gasteiger partial charge < -0.3 is 4.74 Å². The van der Waals surface area contributed by atoms with Gasteiger partial charge >= 0.3 is 0 Å². The lowest BCUT2D eigenvalue weighted by atomic mass is 10.2. The summed E-state index contributed by atoms with van der Waals surface area (Å²) in [6.07, 6.45) is -0.646. The van der Waals surface area contributed by atoms with Crippen LogP contribution in [0.3, 0.4) is 0 Å². The highest BCUT2D eigenvalue weighted by atomic mass is 32.1. The summed E-state index contributed by atoms with van der Waals surface area (Å²) in [6, 6.07) is 8.63. The number of anilines is 1. The summed E-state index contributed by atoms with van der Waals surface area (Å²) >= 11 is 1.37. The number of benzene rings is 1. The molecule has 1 atom stereocenters. The Morgan fingerprint density at radius 1 is 1.45 bits per heavy atom. The molecule has 1 N–H and O–H groups in total. The van der Waals surface area contributed by atoms with Crippen molar-refractivity contribution in [3.8, 4) is 11.8 Å². The Morgan fingerprint density at radius 3 is 2.70 bits per heavy atom. The maximum atomic E-state index is 11.9. The second-order valence-electron chi connectivity index (χ2n) is 4.18. The second-order valence-corrected chi connectivity index (χ2v) is 5.04. The normalized spacial score (nSPS) is 11.4. The molecule has 0 saturated heterocycles. The summed E-state index contributed by atoms with van der Waals surface area (Å²) in [5, 5.41) is 13.8. The summed E-state index contributed by atoms with van der Waals surface area (Å²) in [6.45, 7) is 3.52. The lowest BCUT2D eigenvalue weighted by molar-refractivity contribution is -0.122. The van der Waals surface area contributed by atoms with E-state index in [1.807, 2.05) is 18.4 Å². The molecule has 1 heterocycles. The van der Waals surface area contributed by atoms with Crippen LogP contribution in [0.4, 0.5) is 5.13 Å². The van der Waals surface area contributed by atoms with Crippen LogP contribution in [-0.2, 0) is 4.79 Å². The van der Waals surface area contributed by atoms with E-state index in [0.717, 1.165) is 5.69 Å². The summed E-state index contributed by atoms with van der Waals surface area (Å²) in [4.78, 5) is 16.1. The Labute approximate surface area is 120 Å². The molecular formula is C14H13N3O2S. The molecule has 5 nitrogen and oxygen atoms in total. The average Bonchev–Trinajstić information content (AvgIpc) is 2.85. The molecular weight excluding hydrogens is 274 g/mol. The minimum Gasteiger partial charge on any atom is -0.481 e. The van der Waals surface area contributed by atoms with Crippen molar-refractivity contribution in [3.63, 3.8) is 0 Å². The Balaban J connectivity index is 1.95. The zero-order chi connectivity index (χ0) is 14.5. The van der Waals surface area contributed by atoms with Crippen LogP contribution in [0.2, 0.25) is 0 Å². The van der Waals surface area contributed by atoms with E-state index < -0.39 is 6.10 Å². The lowest BCUT2D eigenvalue weighted by Crippen LogP contribution is -2.30. The zero-order valence-electron chi connectivity index (χ0n) is 11.1. The molecule has 1 aromatic carbocycles. The van der Waals surface area contributed by atoms with E-state index in [2.05, 4.69) is 10.3 Å². The predicted molar refractivity (Wildman–Crippen MR) is 76.7 cm³/mol. The number of carbonyl (C=O) groups is 1. The van der Waals surface area contributed by atoms with Crippen molar-refractivity contribution in [2.45, 2.75) is 20.0 Å². The molecule has 0 saturated carbocycles. The van der Waals surface area contributed by atoms with Crippen molar-refractivity contribution in [1.29, 1.82) is 5.26 Å². The van der Waals surface area contributed by atoms with Gasteiger partial charge in [0.1, 0.15) is 5.75 Å². The van der Waals surface area contributed by atoms with Crippen molar-refractivity contribution < 1.29 is 9.53 Å². The highest BCUT2D eigenvalue weighted by Crippen LogP contribution is 2.17. The van der Waals surface area contributed by atoms with Crippen molar-refractivity contribution in [2.75, 3.05) is 5.32 Å². The van der Waals surface area contributed by atoms with Crippen LogP contribution < -0.4 is 10.1 Å². The number of thiazole rings is 1. The first-order chi connectivity index (χ1) is 9.58. The summed E-state index contributed by atoms with van der Waals surface area (Å²) in [5.41, 5.74) is 1.42. The molecule has 0 bridgehead atoms. The van der Waals surface area contributed by atoms with Crippen LogP contribution in [0.25, 0.3) is 0 Å². The van der Waals surface area contributed by atoms with Gasteiger partial charge in [0.15, 0.2) is 11.2 Å². The Morgan fingerprint density at radius 2 is 2.15 bits per heavy atom. The quantitative estimate of drug-likeness (QED) is 0.938. The predicted octanol–water partition coefficient (Wildman–Crippen LogP) is 2.73. The molecule has 0 aliphatic heterocycles. The van der Waals surface area contributed by atoms with Crippen LogP contribution >= 0.6 is 11.3 Å². The minimum absolute atomic E-state index is 0.260. The molecule has 6 heteroatoms.